The molecule has 0 amide bonds. The lowest BCUT2D eigenvalue weighted by Gasteiger charge is -2.09. The number of benzene rings is 1. The maximum atomic E-state index is 11.0. The van der Waals surface area contributed by atoms with Crippen LogP contribution in [0.15, 0.2) is 41.1 Å². The van der Waals surface area contributed by atoms with Gasteiger partial charge in [0.1, 0.15) is 24.2 Å². The fourth-order valence-electron chi connectivity index (χ4n) is 2.32. The topological polar surface area (TPSA) is 90.4 Å². The van der Waals surface area contributed by atoms with Crippen molar-refractivity contribution in [2.75, 3.05) is 6.61 Å². The fraction of sp³-hybridized carbons (Fsp3) is 0.235. The molecule has 3 rings (SSSR count). The van der Waals surface area contributed by atoms with E-state index in [-0.39, 0.29) is 18.4 Å². The summed E-state index contributed by atoms with van der Waals surface area (Å²) in [5.41, 5.74) is 1.16. The van der Waals surface area contributed by atoms with Gasteiger partial charge in [-0.25, -0.2) is 4.98 Å². The second-order valence-electron chi connectivity index (χ2n) is 5.38. The van der Waals surface area contributed by atoms with Crippen molar-refractivity contribution in [2.24, 2.45) is 0 Å². The predicted molar refractivity (Wildman–Crippen MR) is 90.4 cm³/mol. The first kappa shape index (κ1) is 17.2. The number of esters is 1. The highest BCUT2D eigenvalue weighted by Crippen LogP contribution is 2.31. The Morgan fingerprint density at radius 2 is 2.12 bits per heavy atom. The van der Waals surface area contributed by atoms with Gasteiger partial charge in [0, 0.05) is 29.9 Å². The van der Waals surface area contributed by atoms with Crippen LogP contribution in [-0.2, 0) is 9.53 Å². The third kappa shape index (κ3) is 3.72. The number of carbonyl (C=O) groups is 1. The Morgan fingerprint density at radius 1 is 1.40 bits per heavy atom. The van der Waals surface area contributed by atoms with Crippen LogP contribution in [0.5, 0.6) is 0 Å². The Hall–Kier alpha value is -2.64. The highest BCUT2D eigenvalue weighted by atomic mass is 35.5. The molecule has 0 spiro atoms. The smallest absolute Gasteiger partial charge is 0.308 e. The van der Waals surface area contributed by atoms with Crippen molar-refractivity contribution in [3.63, 3.8) is 0 Å². The van der Waals surface area contributed by atoms with E-state index < -0.39 is 12.1 Å². The first-order valence-corrected chi connectivity index (χ1v) is 7.92. The van der Waals surface area contributed by atoms with Crippen molar-refractivity contribution in [3.8, 4) is 17.3 Å². The first-order chi connectivity index (χ1) is 12.0. The first-order valence-electron chi connectivity index (χ1n) is 7.54. The van der Waals surface area contributed by atoms with Crippen LogP contribution >= 0.6 is 11.6 Å². The number of carbonyl (C=O) groups excluding carboxylic acids is 1. The SMILES string of the molecule is CC(=O)OCC(O)c1oc(-n2ccnc2C)nc1-c1ccc(Cl)cc1. The molecule has 0 saturated carbocycles. The van der Waals surface area contributed by atoms with E-state index in [2.05, 4.69) is 9.97 Å². The largest absolute Gasteiger partial charge is 0.463 e. The molecule has 2 heterocycles. The number of ether oxygens (including phenoxy) is 1. The van der Waals surface area contributed by atoms with E-state index in [4.69, 9.17) is 20.8 Å². The lowest BCUT2D eigenvalue weighted by atomic mass is 10.1. The summed E-state index contributed by atoms with van der Waals surface area (Å²) in [7, 11) is 0. The third-order valence-electron chi connectivity index (χ3n) is 3.54. The van der Waals surface area contributed by atoms with E-state index in [1.165, 1.54) is 6.92 Å². The number of aliphatic hydroxyl groups is 1. The van der Waals surface area contributed by atoms with Gasteiger partial charge in [-0.05, 0) is 19.1 Å². The predicted octanol–water partition coefficient (Wildman–Crippen LogP) is 3.09. The van der Waals surface area contributed by atoms with Crippen LogP contribution in [0.1, 0.15) is 24.6 Å². The molecule has 8 heteroatoms. The van der Waals surface area contributed by atoms with Gasteiger partial charge in [0.25, 0.3) is 0 Å². The van der Waals surface area contributed by atoms with Gasteiger partial charge in [-0.2, -0.15) is 4.98 Å². The molecule has 3 aromatic rings. The van der Waals surface area contributed by atoms with Crippen LogP contribution in [0.4, 0.5) is 0 Å². The van der Waals surface area contributed by atoms with E-state index in [0.717, 1.165) is 0 Å². The number of hydrogen-bond donors (Lipinski definition) is 1. The zero-order valence-corrected chi connectivity index (χ0v) is 14.4. The van der Waals surface area contributed by atoms with Gasteiger partial charge in [-0.3, -0.25) is 9.36 Å². The minimum absolute atomic E-state index is 0.201. The molecule has 1 atom stereocenters. The number of aliphatic hydroxyl groups excluding tert-OH is 1. The molecule has 0 bridgehead atoms. The third-order valence-corrected chi connectivity index (χ3v) is 3.79. The van der Waals surface area contributed by atoms with Gasteiger partial charge >= 0.3 is 12.0 Å². The summed E-state index contributed by atoms with van der Waals surface area (Å²) in [6, 6.07) is 7.24. The van der Waals surface area contributed by atoms with E-state index >= 15 is 0 Å². The zero-order valence-electron chi connectivity index (χ0n) is 13.6. The highest BCUT2D eigenvalue weighted by molar-refractivity contribution is 6.30. The second-order valence-corrected chi connectivity index (χ2v) is 5.82. The van der Waals surface area contributed by atoms with Crippen LogP contribution in [0.25, 0.3) is 17.3 Å². The maximum Gasteiger partial charge on any atom is 0.308 e. The Bertz CT molecular complexity index is 886. The molecule has 0 aliphatic rings. The molecular weight excluding hydrogens is 346 g/mol. The number of imidazole rings is 1. The van der Waals surface area contributed by atoms with Crippen LogP contribution in [0.3, 0.4) is 0 Å². The van der Waals surface area contributed by atoms with Crippen molar-refractivity contribution in [1.29, 1.82) is 0 Å². The molecular formula is C17H16ClN3O4. The van der Waals surface area contributed by atoms with Crippen LogP contribution in [-0.4, -0.2) is 32.2 Å². The molecule has 130 valence electrons. The summed E-state index contributed by atoms with van der Waals surface area (Å²) in [6.45, 7) is 2.85. The van der Waals surface area contributed by atoms with Crippen LogP contribution < -0.4 is 0 Å². The number of halogens is 1. The second kappa shape index (κ2) is 7.08. The van der Waals surface area contributed by atoms with Crippen molar-refractivity contribution >= 4 is 17.6 Å². The van der Waals surface area contributed by atoms with Crippen molar-refractivity contribution < 1.29 is 19.1 Å². The van der Waals surface area contributed by atoms with E-state index in [9.17, 15) is 9.90 Å². The van der Waals surface area contributed by atoms with Gasteiger partial charge in [0.15, 0.2) is 5.76 Å². The average Bonchev–Trinajstić information content (AvgIpc) is 3.19. The molecule has 0 saturated heterocycles. The molecule has 7 nitrogen and oxygen atoms in total. The Labute approximate surface area is 148 Å². The van der Waals surface area contributed by atoms with E-state index in [1.807, 2.05) is 0 Å². The summed E-state index contributed by atoms with van der Waals surface area (Å²) >= 11 is 5.93. The van der Waals surface area contributed by atoms with Gasteiger partial charge in [0.05, 0.1) is 0 Å². The van der Waals surface area contributed by atoms with Crippen molar-refractivity contribution in [2.45, 2.75) is 20.0 Å². The van der Waals surface area contributed by atoms with Crippen LogP contribution in [0.2, 0.25) is 5.02 Å². The molecule has 0 aliphatic heterocycles. The van der Waals surface area contributed by atoms with Gasteiger partial charge in [-0.15, -0.1) is 0 Å². The number of rotatable bonds is 5. The number of aryl methyl sites for hydroxylation is 1. The Balaban J connectivity index is 2.04. The quantitative estimate of drug-likeness (QED) is 0.702. The van der Waals surface area contributed by atoms with Crippen molar-refractivity contribution in [1.82, 2.24) is 14.5 Å². The van der Waals surface area contributed by atoms with Gasteiger partial charge in [0.2, 0.25) is 0 Å². The average molecular weight is 362 g/mol. The molecule has 0 radical (unpaired) electrons. The number of aromatic nitrogens is 3. The minimum atomic E-state index is -1.15. The Kier molecular flexibility index (Phi) is 4.87. The van der Waals surface area contributed by atoms with Gasteiger partial charge < -0.3 is 14.3 Å². The minimum Gasteiger partial charge on any atom is -0.463 e. The van der Waals surface area contributed by atoms with Crippen molar-refractivity contribution in [3.05, 3.63) is 53.3 Å². The lowest BCUT2D eigenvalue weighted by Crippen LogP contribution is -2.10. The monoisotopic (exact) mass is 361 g/mol. The molecule has 1 unspecified atom stereocenters. The number of oxazole rings is 1. The normalized spacial score (nSPS) is 12.2. The highest BCUT2D eigenvalue weighted by Gasteiger charge is 2.24. The summed E-state index contributed by atoms with van der Waals surface area (Å²) in [4.78, 5) is 19.6. The molecule has 25 heavy (non-hydrogen) atoms. The summed E-state index contributed by atoms with van der Waals surface area (Å²) in [5.74, 6) is 0.397. The zero-order chi connectivity index (χ0) is 18.0. The standard InChI is InChI=1S/C17H16ClN3O4/c1-10-19-7-8-21(10)17-20-15(12-3-5-13(18)6-4-12)16(25-17)14(23)9-24-11(2)22/h3-8,14,23H,9H2,1-2H3. The van der Waals surface area contributed by atoms with E-state index in [0.29, 0.717) is 22.1 Å². The molecule has 0 aliphatic carbocycles. The van der Waals surface area contributed by atoms with E-state index in [1.54, 1.807) is 48.1 Å². The van der Waals surface area contributed by atoms with Crippen LogP contribution in [0, 0.1) is 6.92 Å². The fourth-order valence-corrected chi connectivity index (χ4v) is 2.44. The Morgan fingerprint density at radius 3 is 2.72 bits per heavy atom. The number of nitrogens with zero attached hydrogens (tertiary/aromatic N) is 3. The lowest BCUT2D eigenvalue weighted by molar-refractivity contribution is -0.144. The molecule has 1 aromatic carbocycles. The summed E-state index contributed by atoms with van der Waals surface area (Å²) < 4.78 is 12.3. The number of hydrogen-bond acceptors (Lipinski definition) is 6. The van der Waals surface area contributed by atoms with Gasteiger partial charge in [-0.1, -0.05) is 23.7 Å². The summed E-state index contributed by atoms with van der Waals surface area (Å²) in [5, 5.41) is 11.0. The molecule has 1 N–H and O–H groups in total. The maximum absolute atomic E-state index is 11.0. The molecule has 2 aromatic heterocycles. The summed E-state index contributed by atoms with van der Waals surface area (Å²) in [6.07, 6.45) is 2.17. The molecule has 0 fully saturated rings.